The predicted octanol–water partition coefficient (Wildman–Crippen LogP) is 1.75. The Hall–Kier alpha value is -1.56. The molecule has 0 spiro atoms. The fourth-order valence-corrected chi connectivity index (χ4v) is 2.03. The highest BCUT2D eigenvalue weighted by molar-refractivity contribution is 9.10. The maximum atomic E-state index is 11.9. The van der Waals surface area contributed by atoms with Crippen LogP contribution < -0.4 is 5.32 Å². The predicted molar refractivity (Wildman–Crippen MR) is 72.4 cm³/mol. The molecule has 0 bridgehead atoms. The van der Waals surface area contributed by atoms with Crippen molar-refractivity contribution < 1.29 is 9.59 Å². The molecule has 1 fully saturated rings. The molecule has 1 aromatic carbocycles. The standard InChI is InChI=1S/C12H14BrN3O2/c13-10-1-3-11(4-2-10)14-12(18)16-7-5-15(9-17)6-8-16/h1-4,9H,5-8H2,(H,14,18). The van der Waals surface area contributed by atoms with Crippen LogP contribution >= 0.6 is 15.9 Å². The van der Waals surface area contributed by atoms with Gasteiger partial charge in [-0.2, -0.15) is 0 Å². The van der Waals surface area contributed by atoms with E-state index in [0.717, 1.165) is 16.6 Å². The Kier molecular flexibility index (Phi) is 4.19. The van der Waals surface area contributed by atoms with E-state index >= 15 is 0 Å². The molecule has 0 aliphatic carbocycles. The largest absolute Gasteiger partial charge is 0.342 e. The first-order valence-electron chi connectivity index (χ1n) is 5.70. The second kappa shape index (κ2) is 5.86. The smallest absolute Gasteiger partial charge is 0.321 e. The number of benzene rings is 1. The Morgan fingerprint density at radius 1 is 1.17 bits per heavy atom. The van der Waals surface area contributed by atoms with Gasteiger partial charge in [-0.1, -0.05) is 15.9 Å². The SMILES string of the molecule is O=CN1CCN(C(=O)Nc2ccc(Br)cc2)CC1. The van der Waals surface area contributed by atoms with Gasteiger partial charge < -0.3 is 15.1 Å². The lowest BCUT2D eigenvalue weighted by molar-refractivity contribution is -0.119. The summed E-state index contributed by atoms with van der Waals surface area (Å²) in [6.07, 6.45) is 0.823. The number of piperazine rings is 1. The zero-order valence-corrected chi connectivity index (χ0v) is 11.4. The lowest BCUT2D eigenvalue weighted by Crippen LogP contribution is -2.49. The van der Waals surface area contributed by atoms with Gasteiger partial charge in [0.2, 0.25) is 6.41 Å². The van der Waals surface area contributed by atoms with Crippen molar-refractivity contribution in [2.45, 2.75) is 0 Å². The second-order valence-corrected chi connectivity index (χ2v) is 4.98. The minimum absolute atomic E-state index is 0.122. The minimum atomic E-state index is -0.122. The van der Waals surface area contributed by atoms with Crippen LogP contribution in [0.4, 0.5) is 10.5 Å². The molecule has 0 radical (unpaired) electrons. The third-order valence-corrected chi connectivity index (χ3v) is 3.37. The molecule has 1 aliphatic rings. The molecule has 1 aromatic rings. The third kappa shape index (κ3) is 3.22. The van der Waals surface area contributed by atoms with Crippen molar-refractivity contribution in [1.82, 2.24) is 9.80 Å². The Balaban J connectivity index is 1.88. The fourth-order valence-electron chi connectivity index (χ4n) is 1.77. The van der Waals surface area contributed by atoms with E-state index in [1.54, 1.807) is 9.80 Å². The number of amides is 3. The van der Waals surface area contributed by atoms with Gasteiger partial charge in [-0.3, -0.25) is 4.79 Å². The summed E-state index contributed by atoms with van der Waals surface area (Å²) in [5, 5.41) is 2.83. The van der Waals surface area contributed by atoms with Gasteiger partial charge in [0.05, 0.1) is 0 Å². The normalized spacial score (nSPS) is 15.4. The van der Waals surface area contributed by atoms with Crippen LogP contribution in [0.25, 0.3) is 0 Å². The van der Waals surface area contributed by atoms with Crippen LogP contribution in [0.3, 0.4) is 0 Å². The summed E-state index contributed by atoms with van der Waals surface area (Å²) < 4.78 is 0.972. The van der Waals surface area contributed by atoms with E-state index in [9.17, 15) is 9.59 Å². The Bertz CT molecular complexity index is 427. The molecule has 6 heteroatoms. The summed E-state index contributed by atoms with van der Waals surface area (Å²) in [7, 11) is 0. The highest BCUT2D eigenvalue weighted by Gasteiger charge is 2.19. The van der Waals surface area contributed by atoms with Crippen LogP contribution in [0.2, 0.25) is 0 Å². The van der Waals surface area contributed by atoms with Gasteiger partial charge >= 0.3 is 6.03 Å². The quantitative estimate of drug-likeness (QED) is 0.846. The van der Waals surface area contributed by atoms with E-state index < -0.39 is 0 Å². The van der Waals surface area contributed by atoms with Crippen molar-refractivity contribution >= 4 is 34.1 Å². The number of carbonyl (C=O) groups is 2. The van der Waals surface area contributed by atoms with Crippen molar-refractivity contribution in [1.29, 1.82) is 0 Å². The van der Waals surface area contributed by atoms with Gasteiger partial charge in [-0.15, -0.1) is 0 Å². The number of urea groups is 1. The molecular formula is C12H14BrN3O2. The molecule has 1 aliphatic heterocycles. The van der Waals surface area contributed by atoms with Gasteiger partial charge in [-0.25, -0.2) is 4.79 Å². The minimum Gasteiger partial charge on any atom is -0.342 e. The number of rotatable bonds is 2. The molecule has 1 N–H and O–H groups in total. The first-order valence-corrected chi connectivity index (χ1v) is 6.49. The summed E-state index contributed by atoms with van der Waals surface area (Å²) in [6.45, 7) is 2.33. The van der Waals surface area contributed by atoms with Gasteiger partial charge in [0.15, 0.2) is 0 Å². The molecule has 0 aromatic heterocycles. The highest BCUT2D eigenvalue weighted by Crippen LogP contribution is 2.14. The zero-order valence-electron chi connectivity index (χ0n) is 9.80. The lowest BCUT2D eigenvalue weighted by atomic mass is 10.3. The van der Waals surface area contributed by atoms with Crippen LogP contribution in [0.5, 0.6) is 0 Å². The molecule has 96 valence electrons. The average molecular weight is 312 g/mol. The molecule has 0 atom stereocenters. The first kappa shape index (κ1) is 12.9. The van der Waals surface area contributed by atoms with Crippen molar-refractivity contribution in [3.63, 3.8) is 0 Å². The number of hydrogen-bond donors (Lipinski definition) is 1. The highest BCUT2D eigenvalue weighted by atomic mass is 79.9. The second-order valence-electron chi connectivity index (χ2n) is 4.07. The number of halogens is 1. The number of carbonyl (C=O) groups excluding carboxylic acids is 2. The van der Waals surface area contributed by atoms with E-state index in [1.807, 2.05) is 24.3 Å². The number of hydrogen-bond acceptors (Lipinski definition) is 2. The van der Waals surface area contributed by atoms with E-state index in [2.05, 4.69) is 21.2 Å². The monoisotopic (exact) mass is 311 g/mol. The van der Waals surface area contributed by atoms with E-state index in [4.69, 9.17) is 0 Å². The molecule has 2 rings (SSSR count). The van der Waals surface area contributed by atoms with Crippen LogP contribution in [-0.2, 0) is 4.79 Å². The zero-order chi connectivity index (χ0) is 13.0. The molecular weight excluding hydrogens is 298 g/mol. The summed E-state index contributed by atoms with van der Waals surface area (Å²) >= 11 is 3.34. The number of nitrogens with zero attached hydrogens (tertiary/aromatic N) is 2. The lowest BCUT2D eigenvalue weighted by Gasteiger charge is -2.32. The summed E-state index contributed by atoms with van der Waals surface area (Å²) in [5.41, 5.74) is 0.765. The van der Waals surface area contributed by atoms with Crippen molar-refractivity contribution in [3.8, 4) is 0 Å². The molecule has 0 saturated carbocycles. The van der Waals surface area contributed by atoms with E-state index in [-0.39, 0.29) is 6.03 Å². The Morgan fingerprint density at radius 3 is 2.33 bits per heavy atom. The molecule has 1 saturated heterocycles. The van der Waals surface area contributed by atoms with Crippen LogP contribution in [0.1, 0.15) is 0 Å². The van der Waals surface area contributed by atoms with Crippen LogP contribution in [0.15, 0.2) is 28.7 Å². The van der Waals surface area contributed by atoms with Gasteiger partial charge in [0, 0.05) is 36.3 Å². The third-order valence-electron chi connectivity index (χ3n) is 2.85. The van der Waals surface area contributed by atoms with Crippen LogP contribution in [0, 0.1) is 0 Å². The van der Waals surface area contributed by atoms with Gasteiger partial charge in [0.25, 0.3) is 0 Å². The fraction of sp³-hybridized carbons (Fsp3) is 0.333. The van der Waals surface area contributed by atoms with Gasteiger partial charge in [0.1, 0.15) is 0 Å². The molecule has 1 heterocycles. The summed E-state index contributed by atoms with van der Waals surface area (Å²) in [6, 6.07) is 7.30. The van der Waals surface area contributed by atoms with Crippen LogP contribution in [-0.4, -0.2) is 48.4 Å². The number of nitrogens with one attached hydrogen (secondary N) is 1. The Morgan fingerprint density at radius 2 is 1.78 bits per heavy atom. The maximum absolute atomic E-state index is 11.9. The average Bonchev–Trinajstić information content (AvgIpc) is 2.41. The summed E-state index contributed by atoms with van der Waals surface area (Å²) in [4.78, 5) is 25.9. The van der Waals surface area contributed by atoms with Crippen molar-refractivity contribution in [3.05, 3.63) is 28.7 Å². The molecule has 5 nitrogen and oxygen atoms in total. The van der Waals surface area contributed by atoms with Crippen molar-refractivity contribution in [2.75, 3.05) is 31.5 Å². The topological polar surface area (TPSA) is 52.7 Å². The van der Waals surface area contributed by atoms with E-state index in [1.165, 1.54) is 0 Å². The molecule has 3 amide bonds. The first-order chi connectivity index (χ1) is 8.69. The molecule has 18 heavy (non-hydrogen) atoms. The number of anilines is 1. The molecule has 0 unspecified atom stereocenters. The van der Waals surface area contributed by atoms with Gasteiger partial charge in [-0.05, 0) is 24.3 Å². The maximum Gasteiger partial charge on any atom is 0.321 e. The van der Waals surface area contributed by atoms with E-state index in [0.29, 0.717) is 26.2 Å². The van der Waals surface area contributed by atoms with Crippen molar-refractivity contribution in [2.24, 2.45) is 0 Å². The Labute approximate surface area is 114 Å². The summed E-state index contributed by atoms with van der Waals surface area (Å²) in [5.74, 6) is 0.